The van der Waals surface area contributed by atoms with Crippen LogP contribution >= 0.6 is 0 Å². The lowest BCUT2D eigenvalue weighted by Gasteiger charge is -2.13. The van der Waals surface area contributed by atoms with E-state index in [0.717, 1.165) is 21.9 Å². The lowest BCUT2D eigenvalue weighted by atomic mass is 9.96. The molecule has 0 spiro atoms. The quantitative estimate of drug-likeness (QED) is 0.812. The topological polar surface area (TPSA) is 38.7 Å². The normalized spacial score (nSPS) is 11.9. The van der Waals surface area contributed by atoms with Gasteiger partial charge in [0.15, 0.2) is 11.5 Å². The summed E-state index contributed by atoms with van der Waals surface area (Å²) in [7, 11) is 3.20. The van der Waals surface area contributed by atoms with Crippen molar-refractivity contribution in [3.05, 3.63) is 60.7 Å². The maximum absolute atomic E-state index is 10.0. The molecule has 0 radical (unpaired) electrons. The van der Waals surface area contributed by atoms with Gasteiger partial charge in [0, 0.05) is 0 Å². The Bertz CT molecular complexity index is 755. The van der Waals surface area contributed by atoms with E-state index in [1.165, 1.54) is 0 Å². The zero-order valence-corrected chi connectivity index (χ0v) is 13.1. The van der Waals surface area contributed by atoms with Gasteiger partial charge in [0.1, 0.15) is 5.75 Å². The van der Waals surface area contributed by atoms with Crippen LogP contribution in [0.4, 0.5) is 0 Å². The summed E-state index contributed by atoms with van der Waals surface area (Å²) in [4.78, 5) is 0. The van der Waals surface area contributed by atoms with Crippen molar-refractivity contribution in [2.45, 2.75) is 6.92 Å². The molecule has 0 fully saturated rings. The molecule has 0 aliphatic rings. The van der Waals surface area contributed by atoms with E-state index in [0.29, 0.717) is 11.5 Å². The van der Waals surface area contributed by atoms with E-state index < -0.39 is 0 Å². The maximum Gasteiger partial charge on any atom is 0.161 e. The summed E-state index contributed by atoms with van der Waals surface area (Å²) >= 11 is 0. The number of aromatic hydroxyl groups is 1. The third-order valence-corrected chi connectivity index (χ3v) is 3.44. The molecule has 114 valence electrons. The Balaban J connectivity index is 2.80. The smallest absolute Gasteiger partial charge is 0.161 e. The number of hydrogen-bond acceptors (Lipinski definition) is 3. The van der Waals surface area contributed by atoms with Gasteiger partial charge in [0.2, 0.25) is 0 Å². The Hall–Kier alpha value is -2.68. The number of rotatable bonds is 5. The van der Waals surface area contributed by atoms with Crippen LogP contribution in [0.5, 0.6) is 17.2 Å². The van der Waals surface area contributed by atoms with E-state index in [9.17, 15) is 5.11 Å². The van der Waals surface area contributed by atoms with Crippen LogP contribution in [-0.4, -0.2) is 19.3 Å². The number of hydrogen-bond donors (Lipinski definition) is 1. The van der Waals surface area contributed by atoms with Crippen molar-refractivity contribution in [3.8, 4) is 17.2 Å². The molecule has 3 nitrogen and oxygen atoms in total. The number of fused-ring (bicyclic) bond motifs is 1. The Morgan fingerprint density at radius 3 is 2.36 bits per heavy atom. The number of methoxy groups -OCH3 is 2. The van der Waals surface area contributed by atoms with Gasteiger partial charge in [0.25, 0.3) is 0 Å². The highest BCUT2D eigenvalue weighted by Crippen LogP contribution is 2.37. The van der Waals surface area contributed by atoms with E-state index in [1.54, 1.807) is 32.4 Å². The van der Waals surface area contributed by atoms with Gasteiger partial charge in [-0.05, 0) is 53.1 Å². The predicted octanol–water partition coefficient (Wildman–Crippen LogP) is 4.71. The van der Waals surface area contributed by atoms with Gasteiger partial charge in [-0.15, -0.1) is 0 Å². The zero-order valence-electron chi connectivity index (χ0n) is 13.1. The lowest BCUT2D eigenvalue weighted by Crippen LogP contribution is -1.92. The Kier molecular flexibility index (Phi) is 4.89. The van der Waals surface area contributed by atoms with Crippen molar-refractivity contribution in [2.75, 3.05) is 14.2 Å². The first-order chi connectivity index (χ1) is 10.6. The number of ether oxygens (including phenoxy) is 2. The van der Waals surface area contributed by atoms with Crippen LogP contribution in [0.25, 0.3) is 16.3 Å². The molecule has 0 unspecified atom stereocenters. The molecule has 0 saturated heterocycles. The van der Waals surface area contributed by atoms with Crippen molar-refractivity contribution in [3.63, 3.8) is 0 Å². The van der Waals surface area contributed by atoms with Crippen molar-refractivity contribution in [1.29, 1.82) is 0 Å². The van der Waals surface area contributed by atoms with Crippen LogP contribution in [0.15, 0.2) is 55.1 Å². The molecule has 0 atom stereocenters. The minimum atomic E-state index is 0.197. The SMILES string of the molecule is C=C/C(=C\C=C/C)c1cc(O)cc2cc(OC)c(OC)cc12. The molecule has 22 heavy (non-hydrogen) atoms. The molecular weight excluding hydrogens is 276 g/mol. The average molecular weight is 296 g/mol. The second kappa shape index (κ2) is 6.85. The highest BCUT2D eigenvalue weighted by Gasteiger charge is 2.12. The largest absolute Gasteiger partial charge is 0.508 e. The number of benzene rings is 2. The molecule has 2 aromatic carbocycles. The van der Waals surface area contributed by atoms with Gasteiger partial charge < -0.3 is 14.6 Å². The molecule has 0 bridgehead atoms. The molecule has 3 heteroatoms. The molecular formula is C19H20O3. The van der Waals surface area contributed by atoms with Gasteiger partial charge in [-0.25, -0.2) is 0 Å². The van der Waals surface area contributed by atoms with Crippen LogP contribution in [-0.2, 0) is 0 Å². The number of phenolic OH excluding ortho intramolecular Hbond substituents is 1. The molecule has 2 aromatic rings. The second-order valence-corrected chi connectivity index (χ2v) is 4.77. The molecule has 0 aromatic heterocycles. The van der Waals surface area contributed by atoms with E-state index in [2.05, 4.69) is 6.58 Å². The van der Waals surface area contributed by atoms with E-state index >= 15 is 0 Å². The fourth-order valence-corrected chi connectivity index (χ4v) is 2.38. The standard InChI is InChI=1S/C19H20O3/c1-5-7-8-13(6-2)16-11-15(20)9-14-10-18(21-3)19(22-4)12-17(14)16/h5-12,20H,2H2,1,3-4H3/b7-5-,13-8+. The van der Waals surface area contributed by atoms with Crippen LogP contribution in [0.1, 0.15) is 12.5 Å². The third kappa shape index (κ3) is 2.98. The summed E-state index contributed by atoms with van der Waals surface area (Å²) in [5, 5.41) is 11.9. The second-order valence-electron chi connectivity index (χ2n) is 4.77. The zero-order chi connectivity index (χ0) is 16.1. The summed E-state index contributed by atoms with van der Waals surface area (Å²) in [6, 6.07) is 7.20. The fraction of sp³-hybridized carbons (Fsp3) is 0.158. The summed E-state index contributed by atoms with van der Waals surface area (Å²) in [6.07, 6.45) is 7.61. The van der Waals surface area contributed by atoms with E-state index in [-0.39, 0.29) is 5.75 Å². The molecule has 1 N–H and O–H groups in total. The van der Waals surface area contributed by atoms with Crippen LogP contribution in [0.2, 0.25) is 0 Å². The summed E-state index contributed by atoms with van der Waals surface area (Å²) in [5.41, 5.74) is 1.82. The van der Waals surface area contributed by atoms with Crippen LogP contribution in [0.3, 0.4) is 0 Å². The predicted molar refractivity (Wildman–Crippen MR) is 91.7 cm³/mol. The van der Waals surface area contributed by atoms with Gasteiger partial charge in [0.05, 0.1) is 14.2 Å². The Morgan fingerprint density at radius 1 is 1.09 bits per heavy atom. The molecule has 0 heterocycles. The van der Waals surface area contributed by atoms with Crippen molar-refractivity contribution >= 4 is 16.3 Å². The minimum absolute atomic E-state index is 0.197. The third-order valence-electron chi connectivity index (χ3n) is 3.44. The first kappa shape index (κ1) is 15.7. The Labute approximate surface area is 130 Å². The number of allylic oxidation sites excluding steroid dienone is 5. The van der Waals surface area contributed by atoms with Crippen molar-refractivity contribution in [1.82, 2.24) is 0 Å². The van der Waals surface area contributed by atoms with Gasteiger partial charge in [-0.3, -0.25) is 0 Å². The maximum atomic E-state index is 10.0. The lowest BCUT2D eigenvalue weighted by molar-refractivity contribution is 0.356. The monoisotopic (exact) mass is 296 g/mol. The van der Waals surface area contributed by atoms with Crippen LogP contribution < -0.4 is 9.47 Å². The van der Waals surface area contributed by atoms with E-state index in [1.807, 2.05) is 37.3 Å². The van der Waals surface area contributed by atoms with Gasteiger partial charge in [-0.2, -0.15) is 0 Å². The van der Waals surface area contributed by atoms with Gasteiger partial charge in [-0.1, -0.05) is 30.9 Å². The first-order valence-corrected chi connectivity index (χ1v) is 6.99. The van der Waals surface area contributed by atoms with Crippen molar-refractivity contribution in [2.24, 2.45) is 0 Å². The van der Waals surface area contributed by atoms with Crippen LogP contribution in [0, 0.1) is 0 Å². The molecule has 0 amide bonds. The average Bonchev–Trinajstić information content (AvgIpc) is 2.53. The Morgan fingerprint density at radius 2 is 1.77 bits per heavy atom. The minimum Gasteiger partial charge on any atom is -0.508 e. The van der Waals surface area contributed by atoms with Crippen molar-refractivity contribution < 1.29 is 14.6 Å². The molecule has 0 aliphatic carbocycles. The molecule has 0 saturated carbocycles. The summed E-state index contributed by atoms with van der Waals surface area (Å²) in [5.74, 6) is 1.48. The van der Waals surface area contributed by atoms with E-state index in [4.69, 9.17) is 9.47 Å². The number of phenols is 1. The fourth-order valence-electron chi connectivity index (χ4n) is 2.38. The highest BCUT2D eigenvalue weighted by atomic mass is 16.5. The molecule has 2 rings (SSSR count). The first-order valence-electron chi connectivity index (χ1n) is 6.99. The summed E-state index contributed by atoms with van der Waals surface area (Å²) < 4.78 is 10.7. The molecule has 0 aliphatic heterocycles. The summed E-state index contributed by atoms with van der Waals surface area (Å²) in [6.45, 7) is 5.81. The highest BCUT2D eigenvalue weighted by molar-refractivity contribution is 5.99. The van der Waals surface area contributed by atoms with Gasteiger partial charge >= 0.3 is 0 Å².